The van der Waals surface area contributed by atoms with Crippen molar-refractivity contribution in [2.45, 2.75) is 51.6 Å². The van der Waals surface area contributed by atoms with E-state index >= 15 is 0 Å². The zero-order valence-corrected chi connectivity index (χ0v) is 19.9. The normalized spacial score (nSPS) is 11.9. The van der Waals surface area contributed by atoms with Gasteiger partial charge in [0.2, 0.25) is 11.8 Å². The Morgan fingerprint density at radius 1 is 1.00 bits per heavy atom. The summed E-state index contributed by atoms with van der Waals surface area (Å²) in [5, 5.41) is 3.78. The van der Waals surface area contributed by atoms with Crippen LogP contribution in [0, 0.1) is 0 Å². The lowest BCUT2D eigenvalue weighted by molar-refractivity contribution is -0.140. The molecule has 0 aliphatic carbocycles. The van der Waals surface area contributed by atoms with E-state index in [4.69, 9.17) is 23.2 Å². The SMILES string of the molecule is CC(C)NC(=O)[C@@H](C)N(Cc1ccc(Cl)c(Cl)c1)C(=O)CCSCc1ccccc1. The summed E-state index contributed by atoms with van der Waals surface area (Å²) in [7, 11) is 0. The van der Waals surface area contributed by atoms with Crippen LogP contribution in [0.25, 0.3) is 0 Å². The van der Waals surface area contributed by atoms with Crippen LogP contribution in [0.4, 0.5) is 0 Å². The molecule has 0 radical (unpaired) electrons. The third-order valence-corrected chi connectivity index (χ3v) is 6.28. The van der Waals surface area contributed by atoms with Crippen LogP contribution in [0.1, 0.15) is 38.3 Å². The van der Waals surface area contributed by atoms with Crippen molar-refractivity contribution in [1.82, 2.24) is 10.2 Å². The Morgan fingerprint density at radius 2 is 1.70 bits per heavy atom. The van der Waals surface area contributed by atoms with Gasteiger partial charge < -0.3 is 10.2 Å². The third kappa shape index (κ3) is 7.86. The average molecular weight is 467 g/mol. The molecule has 30 heavy (non-hydrogen) atoms. The molecule has 0 aliphatic rings. The van der Waals surface area contributed by atoms with Gasteiger partial charge in [-0.2, -0.15) is 11.8 Å². The molecule has 0 saturated carbocycles. The van der Waals surface area contributed by atoms with Crippen molar-refractivity contribution in [3.8, 4) is 0 Å². The molecule has 2 aromatic carbocycles. The maximum atomic E-state index is 13.0. The highest BCUT2D eigenvalue weighted by Crippen LogP contribution is 2.24. The molecule has 0 aliphatic heterocycles. The topological polar surface area (TPSA) is 49.4 Å². The summed E-state index contributed by atoms with van der Waals surface area (Å²) < 4.78 is 0. The molecule has 0 heterocycles. The number of halogens is 2. The molecule has 7 heteroatoms. The van der Waals surface area contributed by atoms with Crippen molar-refractivity contribution < 1.29 is 9.59 Å². The van der Waals surface area contributed by atoms with Crippen LogP contribution in [0.5, 0.6) is 0 Å². The second kappa shape index (κ2) is 12.2. The Balaban J connectivity index is 2.03. The number of rotatable bonds is 10. The zero-order valence-electron chi connectivity index (χ0n) is 17.5. The van der Waals surface area contributed by atoms with E-state index in [0.717, 1.165) is 11.3 Å². The lowest BCUT2D eigenvalue weighted by Gasteiger charge is -2.29. The number of nitrogens with one attached hydrogen (secondary N) is 1. The van der Waals surface area contributed by atoms with Crippen molar-refractivity contribution >= 4 is 46.8 Å². The van der Waals surface area contributed by atoms with Gasteiger partial charge >= 0.3 is 0 Å². The van der Waals surface area contributed by atoms with E-state index < -0.39 is 6.04 Å². The number of benzene rings is 2. The highest BCUT2D eigenvalue weighted by atomic mass is 35.5. The Kier molecular flexibility index (Phi) is 10.0. The number of hydrogen-bond acceptors (Lipinski definition) is 3. The Bertz CT molecular complexity index is 846. The molecular formula is C23H28Cl2N2O2S. The first kappa shape index (κ1) is 24.6. The van der Waals surface area contributed by atoms with E-state index in [1.54, 1.807) is 35.7 Å². The largest absolute Gasteiger partial charge is 0.352 e. The fourth-order valence-electron chi connectivity index (χ4n) is 2.89. The molecule has 2 amide bonds. The zero-order chi connectivity index (χ0) is 22.1. The number of carbonyl (C=O) groups excluding carboxylic acids is 2. The van der Waals surface area contributed by atoms with Crippen LogP contribution in [0.2, 0.25) is 10.0 Å². The van der Waals surface area contributed by atoms with Gasteiger partial charge in [0, 0.05) is 30.5 Å². The highest BCUT2D eigenvalue weighted by molar-refractivity contribution is 7.98. The molecule has 1 N–H and O–H groups in total. The van der Waals surface area contributed by atoms with Gasteiger partial charge in [0.25, 0.3) is 0 Å². The molecule has 2 rings (SSSR count). The molecule has 0 aromatic heterocycles. The number of thioether (sulfide) groups is 1. The Labute approximate surface area is 193 Å². The van der Waals surface area contributed by atoms with Crippen molar-refractivity contribution in [3.63, 3.8) is 0 Å². The summed E-state index contributed by atoms with van der Waals surface area (Å²) >= 11 is 13.8. The van der Waals surface area contributed by atoms with Crippen LogP contribution < -0.4 is 5.32 Å². The van der Waals surface area contributed by atoms with Gasteiger partial charge in [0.15, 0.2) is 0 Å². The highest BCUT2D eigenvalue weighted by Gasteiger charge is 2.26. The lowest BCUT2D eigenvalue weighted by Crippen LogP contribution is -2.49. The van der Waals surface area contributed by atoms with E-state index in [0.29, 0.717) is 28.8 Å². The molecule has 0 fully saturated rings. The van der Waals surface area contributed by atoms with Gasteiger partial charge in [0.05, 0.1) is 10.0 Å². The van der Waals surface area contributed by atoms with Crippen molar-refractivity contribution in [3.05, 3.63) is 69.7 Å². The van der Waals surface area contributed by atoms with Gasteiger partial charge in [-0.3, -0.25) is 9.59 Å². The minimum atomic E-state index is -0.589. The standard InChI is InChI=1S/C23H28Cl2N2O2S/c1-16(2)26-23(29)17(3)27(14-19-9-10-20(24)21(25)13-19)22(28)11-12-30-15-18-7-5-4-6-8-18/h4-10,13,16-17H,11-12,14-15H2,1-3H3,(H,26,29)/t17-/m1/s1. The maximum Gasteiger partial charge on any atom is 0.242 e. The summed E-state index contributed by atoms with van der Waals surface area (Å²) in [5.41, 5.74) is 2.06. The van der Waals surface area contributed by atoms with Crippen LogP contribution in [0.3, 0.4) is 0 Å². The average Bonchev–Trinajstić information content (AvgIpc) is 2.71. The van der Waals surface area contributed by atoms with Gasteiger partial charge in [-0.25, -0.2) is 0 Å². The molecular weight excluding hydrogens is 439 g/mol. The quantitative estimate of drug-likeness (QED) is 0.466. The fourth-order valence-corrected chi connectivity index (χ4v) is 4.10. The first-order chi connectivity index (χ1) is 14.3. The molecule has 4 nitrogen and oxygen atoms in total. The van der Waals surface area contributed by atoms with Gasteiger partial charge in [-0.1, -0.05) is 59.6 Å². The number of carbonyl (C=O) groups is 2. The summed E-state index contributed by atoms with van der Waals surface area (Å²) in [6.07, 6.45) is 0.359. The monoisotopic (exact) mass is 466 g/mol. The molecule has 0 bridgehead atoms. The number of hydrogen-bond donors (Lipinski definition) is 1. The molecule has 0 saturated heterocycles. The van der Waals surface area contributed by atoms with Gasteiger partial charge in [0.1, 0.15) is 6.04 Å². The van der Waals surface area contributed by atoms with Crippen LogP contribution in [-0.2, 0) is 21.9 Å². The van der Waals surface area contributed by atoms with Crippen LogP contribution in [-0.4, -0.2) is 34.6 Å². The van der Waals surface area contributed by atoms with E-state index in [2.05, 4.69) is 17.4 Å². The van der Waals surface area contributed by atoms with Crippen molar-refractivity contribution in [2.75, 3.05) is 5.75 Å². The minimum Gasteiger partial charge on any atom is -0.352 e. The third-order valence-electron chi connectivity index (χ3n) is 4.51. The summed E-state index contributed by atoms with van der Waals surface area (Å²) in [5.74, 6) is 1.30. The predicted octanol–water partition coefficient (Wildman–Crippen LogP) is 5.56. The van der Waals surface area contributed by atoms with Crippen molar-refractivity contribution in [1.29, 1.82) is 0 Å². The van der Waals surface area contributed by atoms with E-state index in [-0.39, 0.29) is 17.9 Å². The minimum absolute atomic E-state index is 0.00306. The van der Waals surface area contributed by atoms with Gasteiger partial charge in [-0.05, 0) is 44.0 Å². The summed E-state index contributed by atoms with van der Waals surface area (Å²) in [6, 6.07) is 14.8. The number of amides is 2. The molecule has 0 spiro atoms. The van der Waals surface area contributed by atoms with Gasteiger partial charge in [-0.15, -0.1) is 0 Å². The van der Waals surface area contributed by atoms with Crippen molar-refractivity contribution in [2.24, 2.45) is 0 Å². The first-order valence-corrected chi connectivity index (χ1v) is 11.8. The molecule has 162 valence electrons. The fraction of sp³-hybridized carbons (Fsp3) is 0.391. The maximum absolute atomic E-state index is 13.0. The predicted molar refractivity (Wildman–Crippen MR) is 127 cm³/mol. The van der Waals surface area contributed by atoms with E-state index in [1.807, 2.05) is 38.1 Å². The second-order valence-electron chi connectivity index (χ2n) is 7.40. The van der Waals surface area contributed by atoms with E-state index in [9.17, 15) is 9.59 Å². The summed E-state index contributed by atoms with van der Waals surface area (Å²) in [4.78, 5) is 27.2. The second-order valence-corrected chi connectivity index (χ2v) is 9.32. The van der Waals surface area contributed by atoms with E-state index in [1.165, 1.54) is 5.56 Å². The Hall–Kier alpha value is -1.69. The summed E-state index contributed by atoms with van der Waals surface area (Å²) in [6.45, 7) is 5.85. The molecule has 0 unspecified atom stereocenters. The molecule has 2 aromatic rings. The molecule has 1 atom stereocenters. The van der Waals surface area contributed by atoms with Crippen LogP contribution in [0.15, 0.2) is 48.5 Å². The smallest absolute Gasteiger partial charge is 0.242 e. The van der Waals surface area contributed by atoms with Crippen LogP contribution >= 0.6 is 35.0 Å². The Morgan fingerprint density at radius 3 is 2.33 bits per heavy atom. The lowest BCUT2D eigenvalue weighted by atomic mass is 10.1. The first-order valence-electron chi connectivity index (χ1n) is 9.93. The number of nitrogens with zero attached hydrogens (tertiary/aromatic N) is 1.